The van der Waals surface area contributed by atoms with E-state index in [2.05, 4.69) is 46.9 Å². The molecule has 3 heteroatoms. The second kappa shape index (κ2) is 5.67. The van der Waals surface area contributed by atoms with Crippen molar-refractivity contribution in [1.82, 2.24) is 5.32 Å². The van der Waals surface area contributed by atoms with Crippen molar-refractivity contribution in [2.24, 2.45) is 16.6 Å². The molecule has 1 unspecified atom stereocenters. The van der Waals surface area contributed by atoms with Gasteiger partial charge < -0.3 is 11.1 Å². The van der Waals surface area contributed by atoms with E-state index in [4.69, 9.17) is 5.73 Å². The number of carbonyl (C=O) groups is 1. The minimum Gasteiger partial charge on any atom is -0.356 e. The third-order valence-electron chi connectivity index (χ3n) is 2.71. The van der Waals surface area contributed by atoms with Crippen LogP contribution in [-0.4, -0.2) is 18.5 Å². The molecule has 0 aliphatic rings. The van der Waals surface area contributed by atoms with E-state index >= 15 is 0 Å². The highest BCUT2D eigenvalue weighted by Crippen LogP contribution is 2.20. The van der Waals surface area contributed by atoms with Crippen LogP contribution >= 0.6 is 0 Å². The zero-order chi connectivity index (χ0) is 13.0. The van der Waals surface area contributed by atoms with Crippen LogP contribution in [0.5, 0.6) is 0 Å². The van der Waals surface area contributed by atoms with Gasteiger partial charge in [0.05, 0.1) is 0 Å². The van der Waals surface area contributed by atoms with Gasteiger partial charge in [-0.15, -0.1) is 0 Å². The lowest BCUT2D eigenvalue weighted by molar-refractivity contribution is -0.122. The van der Waals surface area contributed by atoms with E-state index in [-0.39, 0.29) is 22.8 Å². The molecular formula is C13H28N2O. The molecule has 0 radical (unpaired) electrons. The Labute approximate surface area is 100 Å². The van der Waals surface area contributed by atoms with Gasteiger partial charge in [-0.2, -0.15) is 0 Å². The van der Waals surface area contributed by atoms with E-state index in [1.165, 1.54) is 0 Å². The Morgan fingerprint density at radius 3 is 2.06 bits per heavy atom. The molecule has 0 rings (SSSR count). The fraction of sp³-hybridized carbons (Fsp3) is 0.923. The molecule has 0 aliphatic heterocycles. The van der Waals surface area contributed by atoms with E-state index in [0.29, 0.717) is 6.42 Å². The summed E-state index contributed by atoms with van der Waals surface area (Å²) in [6.45, 7) is 13.4. The van der Waals surface area contributed by atoms with Crippen molar-refractivity contribution in [1.29, 1.82) is 0 Å². The molecule has 3 N–H and O–H groups in total. The van der Waals surface area contributed by atoms with Crippen LogP contribution in [0, 0.1) is 10.8 Å². The van der Waals surface area contributed by atoms with Gasteiger partial charge in [0.1, 0.15) is 0 Å². The number of amides is 1. The third-order valence-corrected chi connectivity index (χ3v) is 2.71. The average Bonchev–Trinajstić information content (AvgIpc) is 1.99. The largest absolute Gasteiger partial charge is 0.356 e. The summed E-state index contributed by atoms with van der Waals surface area (Å²) in [6, 6.07) is -0.0814. The monoisotopic (exact) mass is 228 g/mol. The molecule has 0 fully saturated rings. The summed E-state index contributed by atoms with van der Waals surface area (Å²) in [7, 11) is 0. The molecule has 1 atom stereocenters. The van der Waals surface area contributed by atoms with Crippen LogP contribution in [0.1, 0.15) is 54.4 Å². The predicted molar refractivity (Wildman–Crippen MR) is 69.1 cm³/mol. The van der Waals surface area contributed by atoms with Crippen molar-refractivity contribution in [3.05, 3.63) is 0 Å². The van der Waals surface area contributed by atoms with Gasteiger partial charge in [-0.3, -0.25) is 4.79 Å². The lowest BCUT2D eigenvalue weighted by Crippen LogP contribution is -2.40. The first-order chi connectivity index (χ1) is 7.02. The van der Waals surface area contributed by atoms with Crippen molar-refractivity contribution in [3.63, 3.8) is 0 Å². The maximum Gasteiger partial charge on any atom is 0.221 e. The molecule has 0 spiro atoms. The van der Waals surface area contributed by atoms with Crippen LogP contribution < -0.4 is 11.1 Å². The summed E-state index contributed by atoms with van der Waals surface area (Å²) in [5.41, 5.74) is 6.20. The highest BCUT2D eigenvalue weighted by atomic mass is 16.1. The molecule has 0 bridgehead atoms. The summed E-state index contributed by atoms with van der Waals surface area (Å²) >= 11 is 0. The Balaban J connectivity index is 3.84. The summed E-state index contributed by atoms with van der Waals surface area (Å²) < 4.78 is 0. The lowest BCUT2D eigenvalue weighted by Gasteiger charge is -2.26. The first-order valence-corrected chi connectivity index (χ1v) is 6.05. The smallest absolute Gasteiger partial charge is 0.221 e. The van der Waals surface area contributed by atoms with Crippen molar-refractivity contribution < 1.29 is 4.79 Å². The molecule has 0 aliphatic carbocycles. The van der Waals surface area contributed by atoms with E-state index < -0.39 is 0 Å². The van der Waals surface area contributed by atoms with Crippen LogP contribution in [0.15, 0.2) is 0 Å². The molecule has 96 valence electrons. The fourth-order valence-corrected chi connectivity index (χ4v) is 1.16. The van der Waals surface area contributed by atoms with E-state index in [9.17, 15) is 4.79 Å². The molecular weight excluding hydrogens is 200 g/mol. The Bertz CT molecular complexity index is 223. The lowest BCUT2D eigenvalue weighted by atomic mass is 9.85. The topological polar surface area (TPSA) is 55.1 Å². The molecule has 0 aromatic rings. The number of rotatable bonds is 4. The van der Waals surface area contributed by atoms with Gasteiger partial charge in [-0.05, 0) is 17.3 Å². The van der Waals surface area contributed by atoms with Gasteiger partial charge in [0.2, 0.25) is 5.91 Å². The Hall–Kier alpha value is -0.570. The Morgan fingerprint density at radius 1 is 1.19 bits per heavy atom. The number of carbonyl (C=O) groups excluding carboxylic acids is 1. The quantitative estimate of drug-likeness (QED) is 0.775. The zero-order valence-corrected chi connectivity index (χ0v) is 11.7. The normalized spacial score (nSPS) is 14.7. The molecule has 1 amide bonds. The SMILES string of the molecule is CC(C)(C)CCNC(=O)CC(N)C(C)(C)C. The van der Waals surface area contributed by atoms with Crippen LogP contribution in [0.25, 0.3) is 0 Å². The van der Waals surface area contributed by atoms with Crippen molar-refractivity contribution in [3.8, 4) is 0 Å². The average molecular weight is 228 g/mol. The Kier molecular flexibility index (Phi) is 5.47. The first kappa shape index (κ1) is 15.4. The summed E-state index contributed by atoms with van der Waals surface area (Å²) in [5.74, 6) is 0.0617. The molecule has 0 heterocycles. The maximum absolute atomic E-state index is 11.6. The van der Waals surface area contributed by atoms with Gasteiger partial charge >= 0.3 is 0 Å². The summed E-state index contributed by atoms with van der Waals surface area (Å²) in [5, 5.41) is 2.92. The predicted octanol–water partition coefficient (Wildman–Crippen LogP) is 2.30. The second-order valence-electron chi connectivity index (χ2n) is 6.84. The number of nitrogens with one attached hydrogen (secondary N) is 1. The van der Waals surface area contributed by atoms with Crippen molar-refractivity contribution in [2.45, 2.75) is 60.4 Å². The van der Waals surface area contributed by atoms with Crippen LogP contribution in [0.2, 0.25) is 0 Å². The molecule has 16 heavy (non-hydrogen) atoms. The van der Waals surface area contributed by atoms with Gasteiger partial charge in [0.25, 0.3) is 0 Å². The standard InChI is InChI=1S/C13H28N2O/c1-12(2,3)7-8-15-11(16)9-10(14)13(4,5)6/h10H,7-9,14H2,1-6H3,(H,15,16). The van der Waals surface area contributed by atoms with Crippen LogP contribution in [0.4, 0.5) is 0 Å². The molecule has 0 aromatic heterocycles. The van der Waals surface area contributed by atoms with E-state index in [1.54, 1.807) is 0 Å². The number of hydrogen-bond acceptors (Lipinski definition) is 2. The minimum atomic E-state index is -0.0814. The number of nitrogens with two attached hydrogens (primary N) is 1. The summed E-state index contributed by atoms with van der Waals surface area (Å²) in [6.07, 6.45) is 1.40. The highest BCUT2D eigenvalue weighted by Gasteiger charge is 2.23. The fourth-order valence-electron chi connectivity index (χ4n) is 1.16. The highest BCUT2D eigenvalue weighted by molar-refractivity contribution is 5.76. The first-order valence-electron chi connectivity index (χ1n) is 6.05. The summed E-state index contributed by atoms with van der Waals surface area (Å²) in [4.78, 5) is 11.6. The van der Waals surface area contributed by atoms with E-state index in [0.717, 1.165) is 13.0 Å². The van der Waals surface area contributed by atoms with Gasteiger partial charge in [-0.1, -0.05) is 41.5 Å². The maximum atomic E-state index is 11.6. The van der Waals surface area contributed by atoms with Gasteiger partial charge in [-0.25, -0.2) is 0 Å². The Morgan fingerprint density at radius 2 is 1.69 bits per heavy atom. The third kappa shape index (κ3) is 7.69. The second-order valence-corrected chi connectivity index (χ2v) is 6.84. The van der Waals surface area contributed by atoms with Crippen LogP contribution in [0.3, 0.4) is 0 Å². The number of hydrogen-bond donors (Lipinski definition) is 2. The van der Waals surface area contributed by atoms with Crippen molar-refractivity contribution >= 4 is 5.91 Å². The molecule has 3 nitrogen and oxygen atoms in total. The molecule has 0 saturated heterocycles. The van der Waals surface area contributed by atoms with Gasteiger partial charge in [0.15, 0.2) is 0 Å². The molecule has 0 aromatic carbocycles. The van der Waals surface area contributed by atoms with E-state index in [1.807, 2.05) is 0 Å². The molecule has 0 saturated carbocycles. The van der Waals surface area contributed by atoms with Crippen molar-refractivity contribution in [2.75, 3.05) is 6.54 Å². The van der Waals surface area contributed by atoms with Gasteiger partial charge in [0, 0.05) is 19.0 Å². The zero-order valence-electron chi connectivity index (χ0n) is 11.7. The van der Waals surface area contributed by atoms with Crippen LogP contribution in [-0.2, 0) is 4.79 Å². The minimum absolute atomic E-state index is 0.0125.